The van der Waals surface area contributed by atoms with Crippen LogP contribution in [0.3, 0.4) is 0 Å². The highest BCUT2D eigenvalue weighted by Gasteiger charge is 2.08. The molecule has 2 rings (SSSR count). The SMILES string of the molecule is CCN(CC)c1ccccc1Cc1ccccn1. The second-order valence-electron chi connectivity index (χ2n) is 4.30. The molecule has 0 saturated heterocycles. The fraction of sp³-hybridized carbons (Fsp3) is 0.312. The van der Waals surface area contributed by atoms with Crippen molar-refractivity contribution in [2.24, 2.45) is 0 Å². The lowest BCUT2D eigenvalue weighted by molar-refractivity contribution is 0.856. The molecular weight excluding hydrogens is 220 g/mol. The molecule has 0 aliphatic heterocycles. The van der Waals surface area contributed by atoms with Gasteiger partial charge in [-0.1, -0.05) is 24.3 Å². The number of aromatic nitrogens is 1. The number of nitrogens with zero attached hydrogens (tertiary/aromatic N) is 2. The first-order chi connectivity index (χ1) is 8.85. The molecule has 1 aromatic carbocycles. The zero-order valence-electron chi connectivity index (χ0n) is 11.1. The molecule has 0 aliphatic carbocycles. The molecule has 94 valence electrons. The summed E-state index contributed by atoms with van der Waals surface area (Å²) in [5, 5.41) is 0. The van der Waals surface area contributed by atoms with E-state index < -0.39 is 0 Å². The standard InChI is InChI=1S/C16H20N2/c1-3-18(4-2)16-11-6-5-9-14(16)13-15-10-7-8-12-17-15/h5-12H,3-4,13H2,1-2H3. The minimum atomic E-state index is 0.896. The third kappa shape index (κ3) is 2.89. The van der Waals surface area contributed by atoms with Gasteiger partial charge in [-0.3, -0.25) is 4.98 Å². The molecule has 0 bridgehead atoms. The molecule has 2 nitrogen and oxygen atoms in total. The number of hydrogen-bond donors (Lipinski definition) is 0. The quantitative estimate of drug-likeness (QED) is 0.795. The van der Waals surface area contributed by atoms with Crippen LogP contribution in [0.2, 0.25) is 0 Å². The molecule has 1 heterocycles. The number of para-hydroxylation sites is 1. The van der Waals surface area contributed by atoms with Gasteiger partial charge in [-0.05, 0) is 37.6 Å². The van der Waals surface area contributed by atoms with Crippen molar-refractivity contribution in [3.8, 4) is 0 Å². The fourth-order valence-corrected chi connectivity index (χ4v) is 2.23. The molecule has 0 N–H and O–H groups in total. The van der Waals surface area contributed by atoms with Crippen molar-refractivity contribution >= 4 is 5.69 Å². The molecule has 18 heavy (non-hydrogen) atoms. The summed E-state index contributed by atoms with van der Waals surface area (Å²) in [6.07, 6.45) is 2.75. The van der Waals surface area contributed by atoms with Gasteiger partial charge in [0, 0.05) is 37.1 Å². The van der Waals surface area contributed by atoms with E-state index in [1.54, 1.807) is 0 Å². The Hall–Kier alpha value is -1.83. The maximum Gasteiger partial charge on any atom is 0.0448 e. The van der Waals surface area contributed by atoms with Crippen molar-refractivity contribution in [1.82, 2.24) is 4.98 Å². The van der Waals surface area contributed by atoms with Crippen LogP contribution in [0.25, 0.3) is 0 Å². The lowest BCUT2D eigenvalue weighted by atomic mass is 10.1. The predicted molar refractivity (Wildman–Crippen MR) is 77.0 cm³/mol. The molecule has 0 aliphatic rings. The Morgan fingerprint density at radius 2 is 1.67 bits per heavy atom. The molecule has 1 aromatic heterocycles. The topological polar surface area (TPSA) is 16.1 Å². The second-order valence-corrected chi connectivity index (χ2v) is 4.30. The van der Waals surface area contributed by atoms with Gasteiger partial charge in [0.1, 0.15) is 0 Å². The van der Waals surface area contributed by atoms with Crippen LogP contribution in [0.5, 0.6) is 0 Å². The van der Waals surface area contributed by atoms with Crippen LogP contribution in [0.1, 0.15) is 25.1 Å². The summed E-state index contributed by atoms with van der Waals surface area (Å²) in [5.41, 5.74) is 3.80. The molecule has 0 atom stereocenters. The number of hydrogen-bond acceptors (Lipinski definition) is 2. The zero-order valence-corrected chi connectivity index (χ0v) is 11.1. The number of pyridine rings is 1. The monoisotopic (exact) mass is 240 g/mol. The van der Waals surface area contributed by atoms with Crippen LogP contribution in [0.15, 0.2) is 48.7 Å². The fourth-order valence-electron chi connectivity index (χ4n) is 2.23. The highest BCUT2D eigenvalue weighted by atomic mass is 15.1. The van der Waals surface area contributed by atoms with Crippen LogP contribution in [0, 0.1) is 0 Å². The van der Waals surface area contributed by atoms with Gasteiger partial charge in [-0.2, -0.15) is 0 Å². The zero-order chi connectivity index (χ0) is 12.8. The molecule has 0 radical (unpaired) electrons. The molecule has 0 saturated carbocycles. The van der Waals surface area contributed by atoms with Gasteiger partial charge in [-0.15, -0.1) is 0 Å². The van der Waals surface area contributed by atoms with E-state index in [1.165, 1.54) is 11.3 Å². The van der Waals surface area contributed by atoms with Gasteiger partial charge in [0.2, 0.25) is 0 Å². The van der Waals surface area contributed by atoms with Crippen molar-refractivity contribution in [3.63, 3.8) is 0 Å². The number of anilines is 1. The van der Waals surface area contributed by atoms with E-state index >= 15 is 0 Å². The first-order valence-corrected chi connectivity index (χ1v) is 6.58. The molecule has 0 unspecified atom stereocenters. The smallest absolute Gasteiger partial charge is 0.0448 e. The first-order valence-electron chi connectivity index (χ1n) is 6.58. The van der Waals surface area contributed by atoms with E-state index in [4.69, 9.17) is 0 Å². The highest BCUT2D eigenvalue weighted by molar-refractivity contribution is 5.54. The Kier molecular flexibility index (Phi) is 4.35. The summed E-state index contributed by atoms with van der Waals surface area (Å²) in [6, 6.07) is 14.7. The summed E-state index contributed by atoms with van der Waals surface area (Å²) < 4.78 is 0. The Morgan fingerprint density at radius 1 is 0.944 bits per heavy atom. The van der Waals surface area contributed by atoms with Gasteiger partial charge < -0.3 is 4.90 Å². The normalized spacial score (nSPS) is 10.3. The third-order valence-electron chi connectivity index (χ3n) is 3.19. The lowest BCUT2D eigenvalue weighted by Gasteiger charge is -2.24. The Labute approximate surface area is 109 Å². The minimum Gasteiger partial charge on any atom is -0.372 e. The van der Waals surface area contributed by atoms with Gasteiger partial charge in [0.25, 0.3) is 0 Å². The predicted octanol–water partition coefficient (Wildman–Crippen LogP) is 3.52. The maximum absolute atomic E-state index is 4.41. The Bertz CT molecular complexity index is 475. The van der Waals surface area contributed by atoms with Crippen LogP contribution in [0.4, 0.5) is 5.69 Å². The van der Waals surface area contributed by atoms with Gasteiger partial charge >= 0.3 is 0 Å². The summed E-state index contributed by atoms with van der Waals surface area (Å²) in [7, 11) is 0. The van der Waals surface area contributed by atoms with Crippen LogP contribution >= 0.6 is 0 Å². The van der Waals surface area contributed by atoms with E-state index in [0.717, 1.165) is 25.2 Å². The van der Waals surface area contributed by atoms with E-state index in [-0.39, 0.29) is 0 Å². The summed E-state index contributed by atoms with van der Waals surface area (Å²) in [6.45, 7) is 6.47. The molecule has 2 aromatic rings. The largest absolute Gasteiger partial charge is 0.372 e. The van der Waals surface area contributed by atoms with Crippen molar-refractivity contribution in [3.05, 3.63) is 59.9 Å². The molecule has 2 heteroatoms. The van der Waals surface area contributed by atoms with Crippen LogP contribution in [-0.2, 0) is 6.42 Å². The lowest BCUT2D eigenvalue weighted by Crippen LogP contribution is -2.23. The summed E-state index contributed by atoms with van der Waals surface area (Å²) in [5.74, 6) is 0. The van der Waals surface area contributed by atoms with E-state index in [2.05, 4.69) is 54.1 Å². The van der Waals surface area contributed by atoms with Crippen LogP contribution < -0.4 is 4.90 Å². The second kappa shape index (κ2) is 6.20. The summed E-state index contributed by atoms with van der Waals surface area (Å²) in [4.78, 5) is 6.79. The van der Waals surface area contributed by atoms with Crippen molar-refractivity contribution in [2.45, 2.75) is 20.3 Å². The average Bonchev–Trinajstić information content (AvgIpc) is 2.43. The third-order valence-corrected chi connectivity index (χ3v) is 3.19. The van der Waals surface area contributed by atoms with Gasteiger partial charge in [-0.25, -0.2) is 0 Å². The summed E-state index contributed by atoms with van der Waals surface area (Å²) >= 11 is 0. The minimum absolute atomic E-state index is 0.896. The average molecular weight is 240 g/mol. The van der Waals surface area contributed by atoms with Crippen molar-refractivity contribution in [2.75, 3.05) is 18.0 Å². The highest BCUT2D eigenvalue weighted by Crippen LogP contribution is 2.22. The molecular formula is C16H20N2. The number of rotatable bonds is 5. The Morgan fingerprint density at radius 3 is 2.33 bits per heavy atom. The van der Waals surface area contributed by atoms with Crippen molar-refractivity contribution < 1.29 is 0 Å². The maximum atomic E-state index is 4.41. The Balaban J connectivity index is 2.28. The van der Waals surface area contributed by atoms with Gasteiger partial charge in [0.05, 0.1) is 0 Å². The molecule has 0 amide bonds. The molecule has 0 fully saturated rings. The van der Waals surface area contributed by atoms with Crippen LogP contribution in [-0.4, -0.2) is 18.1 Å². The van der Waals surface area contributed by atoms with E-state index in [0.29, 0.717) is 0 Å². The van der Waals surface area contributed by atoms with Crippen molar-refractivity contribution in [1.29, 1.82) is 0 Å². The van der Waals surface area contributed by atoms with E-state index in [1.807, 2.05) is 18.3 Å². The molecule has 0 spiro atoms. The first kappa shape index (κ1) is 12.6. The van der Waals surface area contributed by atoms with E-state index in [9.17, 15) is 0 Å². The van der Waals surface area contributed by atoms with Gasteiger partial charge in [0.15, 0.2) is 0 Å². The number of benzene rings is 1.